The lowest BCUT2D eigenvalue weighted by Crippen LogP contribution is -2.40. The first-order valence-electron chi connectivity index (χ1n) is 8.85. The topological polar surface area (TPSA) is 36.7 Å². The highest BCUT2D eigenvalue weighted by Gasteiger charge is 2.24. The Hall–Kier alpha value is -1.78. The number of likely N-dealkylation sites (tertiary alicyclic amines) is 1. The molecule has 1 fully saturated rings. The van der Waals surface area contributed by atoms with E-state index < -0.39 is 0 Å². The zero-order chi connectivity index (χ0) is 16.8. The van der Waals surface area contributed by atoms with Gasteiger partial charge in [-0.3, -0.25) is 9.69 Å². The number of halogens is 1. The Balaban J connectivity index is 0.00000225. The number of carbonyl (C=O) groups excluding carboxylic acids is 1. The van der Waals surface area contributed by atoms with Gasteiger partial charge in [0.05, 0.1) is 6.26 Å². The molecule has 1 saturated heterocycles. The van der Waals surface area contributed by atoms with Crippen LogP contribution in [0.5, 0.6) is 0 Å². The van der Waals surface area contributed by atoms with Gasteiger partial charge in [0.1, 0.15) is 0 Å². The fourth-order valence-electron chi connectivity index (χ4n) is 3.39. The van der Waals surface area contributed by atoms with E-state index in [0.717, 1.165) is 45.6 Å². The van der Waals surface area contributed by atoms with Crippen molar-refractivity contribution in [2.45, 2.75) is 26.3 Å². The quantitative estimate of drug-likeness (QED) is 0.777. The fraction of sp³-hybridized carbons (Fsp3) is 0.450. The number of furan rings is 1. The van der Waals surface area contributed by atoms with Gasteiger partial charge < -0.3 is 9.32 Å². The molecule has 0 spiro atoms. The SMILES string of the molecule is CCN(CC1CCN(Cc2ccccc2)CC1)C(=O)c1ccco1.Cl. The predicted octanol–water partition coefficient (Wildman–Crippen LogP) is 4.08. The van der Waals surface area contributed by atoms with Crippen molar-refractivity contribution in [1.82, 2.24) is 9.80 Å². The molecule has 0 N–H and O–H groups in total. The van der Waals surface area contributed by atoms with Crippen LogP contribution in [0.25, 0.3) is 0 Å². The lowest BCUT2D eigenvalue weighted by atomic mass is 9.95. The molecular formula is C20H27ClN2O2. The zero-order valence-electron chi connectivity index (χ0n) is 14.8. The molecule has 2 aromatic rings. The third kappa shape index (κ3) is 5.35. The van der Waals surface area contributed by atoms with E-state index in [1.807, 2.05) is 11.8 Å². The van der Waals surface area contributed by atoms with Gasteiger partial charge in [-0.25, -0.2) is 0 Å². The molecule has 0 atom stereocenters. The molecule has 5 heteroatoms. The van der Waals surface area contributed by atoms with E-state index in [1.165, 1.54) is 5.56 Å². The first-order chi connectivity index (χ1) is 11.8. The second-order valence-electron chi connectivity index (χ2n) is 6.53. The summed E-state index contributed by atoms with van der Waals surface area (Å²) in [5.74, 6) is 1.03. The average Bonchev–Trinajstić information content (AvgIpc) is 3.16. The van der Waals surface area contributed by atoms with Crippen LogP contribution in [0.2, 0.25) is 0 Å². The molecule has 1 aliphatic heterocycles. The third-order valence-electron chi connectivity index (χ3n) is 4.84. The minimum Gasteiger partial charge on any atom is -0.459 e. The second-order valence-corrected chi connectivity index (χ2v) is 6.53. The van der Waals surface area contributed by atoms with Gasteiger partial charge in [-0.1, -0.05) is 30.3 Å². The predicted molar refractivity (Wildman–Crippen MR) is 102 cm³/mol. The molecule has 3 rings (SSSR count). The number of nitrogens with zero attached hydrogens (tertiary/aromatic N) is 2. The van der Waals surface area contributed by atoms with Gasteiger partial charge in [0.15, 0.2) is 5.76 Å². The minimum absolute atomic E-state index is 0. The van der Waals surface area contributed by atoms with Gasteiger partial charge in [0.2, 0.25) is 0 Å². The van der Waals surface area contributed by atoms with Gasteiger partial charge in [-0.05, 0) is 56.5 Å². The highest BCUT2D eigenvalue weighted by atomic mass is 35.5. The van der Waals surface area contributed by atoms with Crippen LogP contribution >= 0.6 is 12.4 Å². The number of piperidine rings is 1. The van der Waals surface area contributed by atoms with Crippen molar-refractivity contribution in [2.24, 2.45) is 5.92 Å². The Morgan fingerprint density at radius 3 is 2.48 bits per heavy atom. The first-order valence-corrected chi connectivity index (χ1v) is 8.85. The van der Waals surface area contributed by atoms with Gasteiger partial charge in [-0.15, -0.1) is 12.4 Å². The molecule has 1 aromatic heterocycles. The maximum absolute atomic E-state index is 12.4. The van der Waals surface area contributed by atoms with Gasteiger partial charge in [-0.2, -0.15) is 0 Å². The van der Waals surface area contributed by atoms with Crippen LogP contribution in [0, 0.1) is 5.92 Å². The molecule has 0 aliphatic carbocycles. The van der Waals surface area contributed by atoms with E-state index in [1.54, 1.807) is 18.4 Å². The van der Waals surface area contributed by atoms with E-state index in [0.29, 0.717) is 11.7 Å². The van der Waals surface area contributed by atoms with Crippen LogP contribution in [0.3, 0.4) is 0 Å². The average molecular weight is 363 g/mol. The van der Waals surface area contributed by atoms with Crippen molar-refractivity contribution < 1.29 is 9.21 Å². The largest absolute Gasteiger partial charge is 0.459 e. The molecule has 136 valence electrons. The van der Waals surface area contributed by atoms with Gasteiger partial charge >= 0.3 is 0 Å². The number of amides is 1. The van der Waals surface area contributed by atoms with Crippen LogP contribution in [0.4, 0.5) is 0 Å². The van der Waals surface area contributed by atoms with Crippen LogP contribution in [-0.4, -0.2) is 41.9 Å². The number of benzene rings is 1. The molecule has 1 aliphatic rings. The Kier molecular flexibility index (Phi) is 7.53. The molecule has 0 unspecified atom stereocenters. The van der Waals surface area contributed by atoms with Crippen molar-refractivity contribution in [3.05, 3.63) is 60.1 Å². The van der Waals surface area contributed by atoms with E-state index in [-0.39, 0.29) is 18.3 Å². The van der Waals surface area contributed by atoms with Crippen molar-refractivity contribution in [2.75, 3.05) is 26.2 Å². The van der Waals surface area contributed by atoms with Gasteiger partial charge in [0, 0.05) is 19.6 Å². The van der Waals surface area contributed by atoms with Crippen molar-refractivity contribution in [1.29, 1.82) is 0 Å². The summed E-state index contributed by atoms with van der Waals surface area (Å²) in [4.78, 5) is 16.9. The van der Waals surface area contributed by atoms with Crippen molar-refractivity contribution in [3.8, 4) is 0 Å². The van der Waals surface area contributed by atoms with E-state index in [9.17, 15) is 4.79 Å². The number of carbonyl (C=O) groups is 1. The molecule has 0 radical (unpaired) electrons. The summed E-state index contributed by atoms with van der Waals surface area (Å²) >= 11 is 0. The second kappa shape index (κ2) is 9.64. The highest BCUT2D eigenvalue weighted by Crippen LogP contribution is 2.21. The van der Waals surface area contributed by atoms with E-state index in [4.69, 9.17) is 4.42 Å². The molecule has 0 saturated carbocycles. The van der Waals surface area contributed by atoms with Crippen LogP contribution in [-0.2, 0) is 6.54 Å². The lowest BCUT2D eigenvalue weighted by molar-refractivity contribution is 0.0667. The lowest BCUT2D eigenvalue weighted by Gasteiger charge is -2.34. The third-order valence-corrected chi connectivity index (χ3v) is 4.84. The first kappa shape index (κ1) is 19.5. The molecule has 4 nitrogen and oxygen atoms in total. The maximum atomic E-state index is 12.4. The van der Waals surface area contributed by atoms with Gasteiger partial charge in [0.25, 0.3) is 5.91 Å². The molecular weight excluding hydrogens is 336 g/mol. The van der Waals surface area contributed by atoms with Crippen LogP contribution in [0.15, 0.2) is 53.1 Å². The number of hydrogen-bond donors (Lipinski definition) is 0. The number of hydrogen-bond acceptors (Lipinski definition) is 3. The normalized spacial score (nSPS) is 15.6. The smallest absolute Gasteiger partial charge is 0.289 e. The molecule has 0 bridgehead atoms. The van der Waals surface area contributed by atoms with E-state index >= 15 is 0 Å². The highest BCUT2D eigenvalue weighted by molar-refractivity contribution is 5.91. The maximum Gasteiger partial charge on any atom is 0.289 e. The molecule has 25 heavy (non-hydrogen) atoms. The van der Waals surface area contributed by atoms with Crippen LogP contribution < -0.4 is 0 Å². The van der Waals surface area contributed by atoms with Crippen LogP contribution in [0.1, 0.15) is 35.9 Å². The summed E-state index contributed by atoms with van der Waals surface area (Å²) in [6.45, 7) is 6.82. The monoisotopic (exact) mass is 362 g/mol. The number of rotatable bonds is 6. The summed E-state index contributed by atoms with van der Waals surface area (Å²) in [6, 6.07) is 14.1. The Bertz CT molecular complexity index is 622. The fourth-order valence-corrected chi connectivity index (χ4v) is 3.39. The zero-order valence-corrected chi connectivity index (χ0v) is 15.6. The molecule has 1 amide bonds. The Labute approximate surface area is 156 Å². The molecule has 2 heterocycles. The molecule has 1 aromatic carbocycles. The summed E-state index contributed by atoms with van der Waals surface area (Å²) in [5, 5.41) is 0. The Morgan fingerprint density at radius 2 is 1.88 bits per heavy atom. The minimum atomic E-state index is 0. The van der Waals surface area contributed by atoms with Crippen molar-refractivity contribution in [3.63, 3.8) is 0 Å². The van der Waals surface area contributed by atoms with E-state index in [2.05, 4.69) is 35.2 Å². The summed E-state index contributed by atoms with van der Waals surface area (Å²) < 4.78 is 5.25. The summed E-state index contributed by atoms with van der Waals surface area (Å²) in [5.41, 5.74) is 1.37. The van der Waals surface area contributed by atoms with Crippen molar-refractivity contribution >= 4 is 18.3 Å². The summed E-state index contributed by atoms with van der Waals surface area (Å²) in [6.07, 6.45) is 3.85. The summed E-state index contributed by atoms with van der Waals surface area (Å²) in [7, 11) is 0. The standard InChI is InChI=1S/C20H26N2O2.ClH/c1-2-22(20(23)19-9-6-14-24-19)16-18-10-12-21(13-11-18)15-17-7-4-3-5-8-17;/h3-9,14,18H,2,10-13,15-16H2,1H3;1H. The Morgan fingerprint density at radius 1 is 1.16 bits per heavy atom.